The van der Waals surface area contributed by atoms with Crippen molar-refractivity contribution in [3.63, 3.8) is 0 Å². The molecule has 1 saturated carbocycles. The van der Waals surface area contributed by atoms with Gasteiger partial charge in [0, 0.05) is 22.2 Å². The van der Waals surface area contributed by atoms with E-state index in [0.717, 1.165) is 36.8 Å². The van der Waals surface area contributed by atoms with Gasteiger partial charge in [-0.25, -0.2) is 4.39 Å². The van der Waals surface area contributed by atoms with Gasteiger partial charge in [0.2, 0.25) is 11.8 Å². The molecule has 1 aliphatic carbocycles. The summed E-state index contributed by atoms with van der Waals surface area (Å²) in [5.74, 6) is -0.678. The molecule has 0 unspecified atom stereocenters. The van der Waals surface area contributed by atoms with E-state index in [4.69, 9.17) is 11.6 Å². The van der Waals surface area contributed by atoms with Crippen molar-refractivity contribution in [2.75, 3.05) is 11.9 Å². The van der Waals surface area contributed by atoms with Crippen LogP contribution in [-0.2, 0) is 9.59 Å². The molecule has 4 nitrogen and oxygen atoms in total. The molecule has 4 rings (SSSR count). The van der Waals surface area contributed by atoms with E-state index >= 15 is 0 Å². The Morgan fingerprint density at radius 1 is 1.11 bits per heavy atom. The largest absolute Gasteiger partial charge is 0.324 e. The van der Waals surface area contributed by atoms with Crippen molar-refractivity contribution in [3.05, 3.63) is 64.4 Å². The molecule has 1 fully saturated rings. The minimum atomic E-state index is -0.494. The molecule has 2 aromatic rings. The molecule has 1 heterocycles. The number of rotatable bonds is 2. The van der Waals surface area contributed by atoms with Crippen LogP contribution in [0.2, 0.25) is 5.02 Å². The Morgan fingerprint density at radius 2 is 1.81 bits per heavy atom. The first-order valence-corrected chi connectivity index (χ1v) is 9.56. The van der Waals surface area contributed by atoms with Crippen LogP contribution < -0.4 is 5.32 Å². The number of nitrogens with zero attached hydrogens (tertiary/aromatic N) is 1. The van der Waals surface area contributed by atoms with Crippen molar-refractivity contribution in [1.29, 1.82) is 0 Å². The predicted molar refractivity (Wildman–Crippen MR) is 102 cm³/mol. The molecular formula is C21H20ClFN2O2. The van der Waals surface area contributed by atoms with Gasteiger partial charge in [0.05, 0.1) is 6.04 Å². The summed E-state index contributed by atoms with van der Waals surface area (Å²) in [6, 6.07) is 10.8. The van der Waals surface area contributed by atoms with Crippen molar-refractivity contribution in [3.8, 4) is 0 Å². The topological polar surface area (TPSA) is 49.4 Å². The van der Waals surface area contributed by atoms with E-state index < -0.39 is 6.04 Å². The minimum absolute atomic E-state index is 0.0233. The number of benzene rings is 2. The normalized spacial score (nSPS) is 20.1. The summed E-state index contributed by atoms with van der Waals surface area (Å²) in [4.78, 5) is 27.4. The Bertz CT molecular complexity index is 878. The summed E-state index contributed by atoms with van der Waals surface area (Å²) in [5.41, 5.74) is 2.12. The lowest BCUT2D eigenvalue weighted by atomic mass is 9.94. The van der Waals surface area contributed by atoms with Crippen LogP contribution in [0.4, 0.5) is 10.1 Å². The van der Waals surface area contributed by atoms with Gasteiger partial charge in [0.25, 0.3) is 0 Å². The van der Waals surface area contributed by atoms with Crippen LogP contribution in [0.3, 0.4) is 0 Å². The van der Waals surface area contributed by atoms with E-state index in [9.17, 15) is 14.0 Å². The zero-order valence-electron chi connectivity index (χ0n) is 14.8. The third-order valence-corrected chi connectivity index (χ3v) is 5.62. The van der Waals surface area contributed by atoms with Crippen molar-refractivity contribution in [1.82, 2.24) is 4.90 Å². The second-order valence-electron chi connectivity index (χ2n) is 7.18. The lowest BCUT2D eigenvalue weighted by Gasteiger charge is -2.32. The number of hydrogen-bond donors (Lipinski definition) is 1. The first kappa shape index (κ1) is 18.0. The quantitative estimate of drug-likeness (QED) is 0.823. The summed E-state index contributed by atoms with van der Waals surface area (Å²) in [5, 5.41) is 3.39. The Hall–Kier alpha value is -2.40. The van der Waals surface area contributed by atoms with Gasteiger partial charge in [-0.15, -0.1) is 0 Å². The van der Waals surface area contributed by atoms with Crippen LogP contribution in [0.25, 0.3) is 0 Å². The highest BCUT2D eigenvalue weighted by atomic mass is 35.5. The summed E-state index contributed by atoms with van der Waals surface area (Å²) in [7, 11) is 0. The Morgan fingerprint density at radius 3 is 2.52 bits per heavy atom. The monoisotopic (exact) mass is 386 g/mol. The van der Waals surface area contributed by atoms with Crippen LogP contribution in [0.1, 0.15) is 42.9 Å². The van der Waals surface area contributed by atoms with Crippen LogP contribution in [-0.4, -0.2) is 23.3 Å². The zero-order valence-corrected chi connectivity index (χ0v) is 15.5. The van der Waals surface area contributed by atoms with Gasteiger partial charge in [-0.1, -0.05) is 36.6 Å². The molecule has 27 heavy (non-hydrogen) atoms. The fraction of sp³-hybridized carbons (Fsp3) is 0.333. The Labute approximate surface area is 162 Å². The molecule has 2 amide bonds. The van der Waals surface area contributed by atoms with Gasteiger partial charge in [-0.2, -0.15) is 0 Å². The molecule has 0 radical (unpaired) electrons. The van der Waals surface area contributed by atoms with Gasteiger partial charge < -0.3 is 10.2 Å². The molecule has 140 valence electrons. The number of carbonyl (C=O) groups excluding carboxylic acids is 2. The lowest BCUT2D eigenvalue weighted by Crippen LogP contribution is -2.41. The molecule has 1 atom stereocenters. The molecule has 1 N–H and O–H groups in total. The lowest BCUT2D eigenvalue weighted by molar-refractivity contribution is -0.139. The van der Waals surface area contributed by atoms with Crippen LogP contribution in [0.15, 0.2) is 42.5 Å². The van der Waals surface area contributed by atoms with Gasteiger partial charge in [-0.05, 0) is 48.7 Å². The van der Waals surface area contributed by atoms with Gasteiger partial charge in [-0.3, -0.25) is 9.59 Å². The van der Waals surface area contributed by atoms with E-state index in [1.165, 1.54) is 12.1 Å². The van der Waals surface area contributed by atoms with Crippen LogP contribution in [0.5, 0.6) is 0 Å². The Kier molecular flexibility index (Phi) is 4.87. The molecule has 6 heteroatoms. The van der Waals surface area contributed by atoms with Crippen molar-refractivity contribution in [2.24, 2.45) is 5.92 Å². The SMILES string of the molecule is O=C1CN(C(=O)C2CCCC2)[C@@H](c2ccc(F)cc2)c2cc(Cl)ccc2N1. The fourth-order valence-corrected chi connectivity index (χ4v) is 4.27. The molecule has 1 aliphatic heterocycles. The van der Waals surface area contributed by atoms with Gasteiger partial charge >= 0.3 is 0 Å². The summed E-state index contributed by atoms with van der Waals surface area (Å²) >= 11 is 6.22. The third kappa shape index (κ3) is 3.56. The number of nitrogens with one attached hydrogen (secondary N) is 1. The standard InChI is InChI=1S/C21H20ClFN2O2/c22-15-7-10-18-17(11-15)20(13-5-8-16(23)9-6-13)25(12-19(26)24-18)21(27)14-3-1-2-4-14/h5-11,14,20H,1-4,12H2,(H,24,26)/t20-/m0/s1. The van der Waals surface area contributed by atoms with Crippen LogP contribution in [0, 0.1) is 11.7 Å². The number of carbonyl (C=O) groups is 2. The van der Waals surface area contributed by atoms with E-state index in [0.29, 0.717) is 10.7 Å². The number of hydrogen-bond acceptors (Lipinski definition) is 2. The highest BCUT2D eigenvalue weighted by molar-refractivity contribution is 6.30. The molecule has 0 bridgehead atoms. The molecule has 2 aliphatic rings. The molecule has 0 aromatic heterocycles. The number of halogens is 2. The van der Waals surface area contributed by atoms with Crippen molar-refractivity contribution in [2.45, 2.75) is 31.7 Å². The Balaban J connectivity index is 1.85. The average molecular weight is 387 g/mol. The fourth-order valence-electron chi connectivity index (χ4n) is 4.09. The number of fused-ring (bicyclic) bond motifs is 1. The van der Waals surface area contributed by atoms with E-state index in [1.54, 1.807) is 35.2 Å². The average Bonchev–Trinajstić information content (AvgIpc) is 3.14. The highest BCUT2D eigenvalue weighted by Gasteiger charge is 2.37. The van der Waals surface area contributed by atoms with Gasteiger partial charge in [0.15, 0.2) is 0 Å². The zero-order chi connectivity index (χ0) is 19.0. The van der Waals surface area contributed by atoms with E-state index in [1.807, 2.05) is 0 Å². The van der Waals surface area contributed by atoms with Gasteiger partial charge in [0.1, 0.15) is 12.4 Å². The summed E-state index contributed by atoms with van der Waals surface area (Å²) in [6.07, 6.45) is 3.74. The number of anilines is 1. The number of amides is 2. The first-order chi connectivity index (χ1) is 13.0. The highest BCUT2D eigenvalue weighted by Crippen LogP contribution is 2.39. The van der Waals surface area contributed by atoms with Crippen molar-refractivity contribution < 1.29 is 14.0 Å². The van der Waals surface area contributed by atoms with Crippen LogP contribution >= 0.6 is 11.6 Å². The molecule has 0 spiro atoms. The third-order valence-electron chi connectivity index (χ3n) is 5.38. The maximum absolute atomic E-state index is 13.5. The molecule has 2 aromatic carbocycles. The maximum Gasteiger partial charge on any atom is 0.244 e. The van der Waals surface area contributed by atoms with E-state index in [-0.39, 0.29) is 30.1 Å². The molecule has 0 saturated heterocycles. The van der Waals surface area contributed by atoms with E-state index in [2.05, 4.69) is 5.32 Å². The maximum atomic E-state index is 13.5. The molecular weight excluding hydrogens is 367 g/mol. The first-order valence-electron chi connectivity index (χ1n) is 9.18. The van der Waals surface area contributed by atoms with Crippen molar-refractivity contribution >= 4 is 29.1 Å². The second kappa shape index (κ2) is 7.31. The predicted octanol–water partition coefficient (Wildman–Crippen LogP) is 4.54. The summed E-state index contributed by atoms with van der Waals surface area (Å²) < 4.78 is 13.5. The summed E-state index contributed by atoms with van der Waals surface area (Å²) in [6.45, 7) is -0.0380. The second-order valence-corrected chi connectivity index (χ2v) is 7.62. The smallest absolute Gasteiger partial charge is 0.244 e. The minimum Gasteiger partial charge on any atom is -0.324 e.